The van der Waals surface area contributed by atoms with Crippen LogP contribution in [0.5, 0.6) is 0 Å². The van der Waals surface area contributed by atoms with Crippen molar-refractivity contribution >= 4 is 32.6 Å². The van der Waals surface area contributed by atoms with Crippen molar-refractivity contribution in [2.24, 2.45) is 0 Å². The lowest BCUT2D eigenvalue weighted by Gasteiger charge is -2.30. The summed E-state index contributed by atoms with van der Waals surface area (Å²) in [7, 11) is -3.77. The maximum Gasteiger partial charge on any atom is 0.264 e. The standard InChI is InChI=1S/C18H20N2O4S/c1-13(21)20-10-8-17(9-11-20)25(23,24)19-18(22)16-7-6-14-4-2-3-5-15(14)12-16/h2-7,12,17H,8-11H2,1H3,(H,19,22). The predicted octanol–water partition coefficient (Wildman–Crippen LogP) is 1.91. The summed E-state index contributed by atoms with van der Waals surface area (Å²) in [4.78, 5) is 25.3. The molecule has 2 aromatic carbocycles. The van der Waals surface area contributed by atoms with Gasteiger partial charge in [0.1, 0.15) is 0 Å². The summed E-state index contributed by atoms with van der Waals surface area (Å²) in [6.45, 7) is 2.26. The Morgan fingerprint density at radius 1 is 1.04 bits per heavy atom. The SMILES string of the molecule is CC(=O)N1CCC(S(=O)(=O)NC(=O)c2ccc3ccccc3c2)CC1. The molecule has 0 spiro atoms. The van der Waals surface area contributed by atoms with E-state index in [0.29, 0.717) is 31.5 Å². The number of amides is 2. The van der Waals surface area contributed by atoms with Crippen LogP contribution < -0.4 is 4.72 Å². The Balaban J connectivity index is 1.71. The average molecular weight is 360 g/mol. The number of rotatable bonds is 3. The summed E-state index contributed by atoms with van der Waals surface area (Å²) in [5.41, 5.74) is 0.309. The average Bonchev–Trinajstić information content (AvgIpc) is 2.61. The van der Waals surface area contributed by atoms with Crippen molar-refractivity contribution in [2.75, 3.05) is 13.1 Å². The van der Waals surface area contributed by atoms with Crippen molar-refractivity contribution in [3.05, 3.63) is 48.0 Å². The fourth-order valence-corrected chi connectivity index (χ4v) is 4.46. The van der Waals surface area contributed by atoms with Gasteiger partial charge in [0, 0.05) is 25.6 Å². The van der Waals surface area contributed by atoms with Gasteiger partial charge in [0.15, 0.2) is 0 Å². The van der Waals surface area contributed by atoms with E-state index in [0.717, 1.165) is 10.8 Å². The minimum Gasteiger partial charge on any atom is -0.343 e. The highest BCUT2D eigenvalue weighted by Crippen LogP contribution is 2.19. The molecule has 7 heteroatoms. The van der Waals surface area contributed by atoms with Gasteiger partial charge in [0.05, 0.1) is 5.25 Å². The number of piperidine rings is 1. The van der Waals surface area contributed by atoms with E-state index in [1.165, 1.54) is 6.92 Å². The molecule has 2 aromatic rings. The van der Waals surface area contributed by atoms with Crippen molar-refractivity contribution in [1.29, 1.82) is 0 Å². The van der Waals surface area contributed by atoms with Crippen molar-refractivity contribution < 1.29 is 18.0 Å². The summed E-state index contributed by atoms with van der Waals surface area (Å²) in [5.74, 6) is -0.684. The fraction of sp³-hybridized carbons (Fsp3) is 0.333. The molecular weight excluding hydrogens is 340 g/mol. The van der Waals surface area contributed by atoms with Crippen molar-refractivity contribution in [2.45, 2.75) is 25.0 Å². The molecule has 1 aliphatic heterocycles. The van der Waals surface area contributed by atoms with Crippen molar-refractivity contribution in [1.82, 2.24) is 9.62 Å². The Labute approximate surface area is 146 Å². The smallest absolute Gasteiger partial charge is 0.264 e. The molecule has 0 atom stereocenters. The highest BCUT2D eigenvalue weighted by atomic mass is 32.2. The molecule has 6 nitrogen and oxygen atoms in total. The molecule has 132 valence electrons. The second-order valence-corrected chi connectivity index (χ2v) is 8.20. The minimum atomic E-state index is -3.77. The number of likely N-dealkylation sites (tertiary alicyclic amines) is 1. The van der Waals surface area contributed by atoms with Crippen LogP contribution in [0.3, 0.4) is 0 Å². The van der Waals surface area contributed by atoms with Gasteiger partial charge in [-0.25, -0.2) is 13.1 Å². The summed E-state index contributed by atoms with van der Waals surface area (Å²) in [6.07, 6.45) is 0.666. The van der Waals surface area contributed by atoms with E-state index in [2.05, 4.69) is 4.72 Å². The quantitative estimate of drug-likeness (QED) is 0.906. The van der Waals surface area contributed by atoms with Gasteiger partial charge in [0.2, 0.25) is 15.9 Å². The third-order valence-corrected chi connectivity index (χ3v) is 6.39. The third-order valence-electron chi connectivity index (χ3n) is 4.57. The van der Waals surface area contributed by atoms with Gasteiger partial charge in [-0.2, -0.15) is 0 Å². The van der Waals surface area contributed by atoms with Crippen LogP contribution in [0.2, 0.25) is 0 Å². The number of nitrogens with one attached hydrogen (secondary N) is 1. The van der Waals surface area contributed by atoms with Gasteiger partial charge in [0.25, 0.3) is 5.91 Å². The molecule has 0 radical (unpaired) electrons. The zero-order chi connectivity index (χ0) is 18.0. The number of hydrogen-bond donors (Lipinski definition) is 1. The van der Waals surface area contributed by atoms with Crippen molar-refractivity contribution in [3.63, 3.8) is 0 Å². The zero-order valence-corrected chi connectivity index (χ0v) is 14.8. The first-order valence-electron chi connectivity index (χ1n) is 8.17. The first-order chi connectivity index (χ1) is 11.9. The topological polar surface area (TPSA) is 83.6 Å². The van der Waals surface area contributed by atoms with E-state index in [9.17, 15) is 18.0 Å². The first kappa shape index (κ1) is 17.4. The minimum absolute atomic E-state index is 0.0592. The Morgan fingerprint density at radius 3 is 2.32 bits per heavy atom. The lowest BCUT2D eigenvalue weighted by Crippen LogP contribution is -2.46. The number of carbonyl (C=O) groups excluding carboxylic acids is 2. The molecule has 0 bridgehead atoms. The monoisotopic (exact) mass is 360 g/mol. The van der Waals surface area contributed by atoms with Gasteiger partial charge in [-0.1, -0.05) is 30.3 Å². The highest BCUT2D eigenvalue weighted by Gasteiger charge is 2.32. The van der Waals surface area contributed by atoms with Crippen LogP contribution in [0.25, 0.3) is 10.8 Å². The predicted molar refractivity (Wildman–Crippen MR) is 95.6 cm³/mol. The summed E-state index contributed by atoms with van der Waals surface area (Å²) >= 11 is 0. The maximum atomic E-state index is 12.5. The fourth-order valence-electron chi connectivity index (χ4n) is 3.08. The van der Waals surface area contributed by atoms with E-state index in [4.69, 9.17) is 0 Å². The number of carbonyl (C=O) groups is 2. The maximum absolute atomic E-state index is 12.5. The first-order valence-corrected chi connectivity index (χ1v) is 9.72. The Kier molecular flexibility index (Phi) is 4.76. The summed E-state index contributed by atoms with van der Waals surface area (Å²) < 4.78 is 27.1. The van der Waals surface area contributed by atoms with Crippen LogP contribution in [0.1, 0.15) is 30.1 Å². The lowest BCUT2D eigenvalue weighted by atomic mass is 10.1. The van der Waals surface area contributed by atoms with Gasteiger partial charge in [-0.15, -0.1) is 0 Å². The van der Waals surface area contributed by atoms with Crippen LogP contribution in [0, 0.1) is 0 Å². The van der Waals surface area contributed by atoms with Crippen molar-refractivity contribution in [3.8, 4) is 0 Å². The number of hydrogen-bond acceptors (Lipinski definition) is 4. The molecule has 25 heavy (non-hydrogen) atoms. The molecule has 1 heterocycles. The molecule has 0 saturated carbocycles. The molecule has 1 aliphatic rings. The number of sulfonamides is 1. The Bertz CT molecular complexity index is 916. The molecule has 3 rings (SSSR count). The molecule has 0 aromatic heterocycles. The van der Waals surface area contributed by atoms with Gasteiger partial charge in [-0.05, 0) is 35.7 Å². The Morgan fingerprint density at radius 2 is 1.68 bits per heavy atom. The zero-order valence-electron chi connectivity index (χ0n) is 13.9. The third kappa shape index (κ3) is 3.82. The molecule has 1 fully saturated rings. The van der Waals surface area contributed by atoms with Gasteiger partial charge < -0.3 is 4.90 Å². The van der Waals surface area contributed by atoms with Crippen LogP contribution in [0.15, 0.2) is 42.5 Å². The van der Waals surface area contributed by atoms with E-state index in [-0.39, 0.29) is 5.91 Å². The van der Waals surface area contributed by atoms with Gasteiger partial charge >= 0.3 is 0 Å². The summed E-state index contributed by atoms with van der Waals surface area (Å²) in [5, 5.41) is 1.20. The lowest BCUT2D eigenvalue weighted by molar-refractivity contribution is -0.129. The largest absolute Gasteiger partial charge is 0.343 e. The van der Waals surface area contributed by atoms with Crippen LogP contribution in [-0.2, 0) is 14.8 Å². The van der Waals surface area contributed by atoms with E-state index >= 15 is 0 Å². The number of nitrogens with zero attached hydrogens (tertiary/aromatic N) is 1. The van der Waals surface area contributed by atoms with Crippen LogP contribution >= 0.6 is 0 Å². The molecule has 2 amide bonds. The van der Waals surface area contributed by atoms with Crippen LogP contribution in [0.4, 0.5) is 0 Å². The highest BCUT2D eigenvalue weighted by molar-refractivity contribution is 7.90. The second-order valence-electron chi connectivity index (χ2n) is 6.24. The van der Waals surface area contributed by atoms with E-state index in [1.54, 1.807) is 23.1 Å². The second kappa shape index (κ2) is 6.84. The molecule has 0 aliphatic carbocycles. The normalized spacial score (nSPS) is 16.0. The number of fused-ring (bicyclic) bond motifs is 1. The van der Waals surface area contributed by atoms with E-state index in [1.807, 2.05) is 24.3 Å². The molecule has 1 N–H and O–H groups in total. The number of benzene rings is 2. The molecular formula is C18H20N2O4S. The van der Waals surface area contributed by atoms with E-state index < -0.39 is 21.2 Å². The van der Waals surface area contributed by atoms with Gasteiger partial charge in [-0.3, -0.25) is 9.59 Å². The Hall–Kier alpha value is -2.41. The van der Waals surface area contributed by atoms with Crippen LogP contribution in [-0.4, -0.2) is 43.5 Å². The molecule has 1 saturated heterocycles. The molecule has 0 unspecified atom stereocenters. The summed E-state index contributed by atoms with van der Waals surface area (Å²) in [6, 6.07) is 12.7.